The third kappa shape index (κ3) is 4.64. The van der Waals surface area contributed by atoms with Crippen LogP contribution in [0.5, 0.6) is 0 Å². The van der Waals surface area contributed by atoms with Crippen molar-refractivity contribution in [3.05, 3.63) is 82.9 Å². The number of nitrogens with zero attached hydrogens (tertiary/aromatic N) is 2. The fourth-order valence-electron chi connectivity index (χ4n) is 4.47. The van der Waals surface area contributed by atoms with Crippen molar-refractivity contribution in [2.24, 2.45) is 5.16 Å². The molecular weight excluding hydrogens is 440 g/mol. The van der Waals surface area contributed by atoms with E-state index in [2.05, 4.69) is 35.3 Å². The third-order valence-corrected chi connectivity index (χ3v) is 6.43. The van der Waals surface area contributed by atoms with E-state index in [1.807, 2.05) is 48.5 Å². The second-order valence-corrected chi connectivity index (χ2v) is 8.62. The maximum atomic E-state index is 13.6. The summed E-state index contributed by atoms with van der Waals surface area (Å²) in [4.78, 5) is 41.5. The van der Waals surface area contributed by atoms with Crippen LogP contribution < -0.4 is 0 Å². The highest BCUT2D eigenvalue weighted by atomic mass is 16.7. The Hall–Kier alpha value is -4.06. The Morgan fingerprint density at radius 2 is 1.57 bits per heavy atom. The molecule has 0 amide bonds. The van der Waals surface area contributed by atoms with Crippen molar-refractivity contribution in [2.45, 2.75) is 46.6 Å². The van der Waals surface area contributed by atoms with Gasteiger partial charge in [-0.3, -0.25) is 9.59 Å². The van der Waals surface area contributed by atoms with Crippen LogP contribution in [0.2, 0.25) is 0 Å². The molecule has 35 heavy (non-hydrogen) atoms. The number of ketones is 2. The number of carbonyl (C=O) groups is 3. The van der Waals surface area contributed by atoms with Crippen molar-refractivity contribution < 1.29 is 19.2 Å². The summed E-state index contributed by atoms with van der Waals surface area (Å²) in [5, 5.41) is 5.21. The number of oxime groups is 1. The minimum Gasteiger partial charge on any atom is -0.341 e. The number of hydrogen-bond acceptors (Lipinski definition) is 5. The Morgan fingerprint density at radius 3 is 2.20 bits per heavy atom. The lowest BCUT2D eigenvalue weighted by Gasteiger charge is -2.14. The predicted molar refractivity (Wildman–Crippen MR) is 138 cm³/mol. The van der Waals surface area contributed by atoms with Crippen molar-refractivity contribution in [2.75, 3.05) is 0 Å². The van der Waals surface area contributed by atoms with Gasteiger partial charge in [0.1, 0.15) is 6.21 Å². The van der Waals surface area contributed by atoms with Gasteiger partial charge in [-0.15, -0.1) is 0 Å². The van der Waals surface area contributed by atoms with Crippen LogP contribution in [0.3, 0.4) is 0 Å². The van der Waals surface area contributed by atoms with E-state index in [9.17, 15) is 14.4 Å². The molecule has 0 radical (unpaired) electrons. The Balaban J connectivity index is 1.82. The monoisotopic (exact) mass is 468 g/mol. The predicted octanol–water partition coefficient (Wildman–Crippen LogP) is 6.29. The first-order valence-electron chi connectivity index (χ1n) is 11.8. The Labute approximate surface area is 204 Å². The molecule has 0 aliphatic carbocycles. The molecular formula is C29H28N2O4. The summed E-state index contributed by atoms with van der Waals surface area (Å²) < 4.78 is 2.16. The fourth-order valence-corrected chi connectivity index (χ4v) is 4.47. The molecule has 1 aromatic heterocycles. The number of carbonyl (C=O) groups excluding carboxylic acids is 3. The van der Waals surface area contributed by atoms with Crippen molar-refractivity contribution >= 4 is 45.6 Å². The normalized spacial score (nSPS) is 12.3. The van der Waals surface area contributed by atoms with E-state index >= 15 is 0 Å². The minimum atomic E-state index is -0.595. The number of benzene rings is 3. The number of hydrogen-bond donors (Lipinski definition) is 0. The fraction of sp³-hybridized carbons (Fsp3) is 0.241. The molecule has 1 heterocycles. The van der Waals surface area contributed by atoms with E-state index < -0.39 is 5.97 Å². The van der Waals surface area contributed by atoms with Gasteiger partial charge in [-0.1, -0.05) is 43.3 Å². The van der Waals surface area contributed by atoms with Gasteiger partial charge in [0.25, 0.3) is 0 Å². The molecule has 0 saturated carbocycles. The Morgan fingerprint density at radius 1 is 0.943 bits per heavy atom. The van der Waals surface area contributed by atoms with Gasteiger partial charge in [0.15, 0.2) is 5.78 Å². The Kier molecular flexibility index (Phi) is 6.92. The summed E-state index contributed by atoms with van der Waals surface area (Å²) in [7, 11) is 0. The highest BCUT2D eigenvalue weighted by Crippen LogP contribution is 2.32. The zero-order chi connectivity index (χ0) is 25.1. The average Bonchev–Trinajstić information content (AvgIpc) is 3.19. The second-order valence-electron chi connectivity index (χ2n) is 8.62. The average molecular weight is 469 g/mol. The highest BCUT2D eigenvalue weighted by molar-refractivity contribution is 6.36. The quantitative estimate of drug-likeness (QED) is 0.132. The molecule has 0 saturated heterocycles. The van der Waals surface area contributed by atoms with Gasteiger partial charge in [0.2, 0.25) is 5.78 Å². The first-order chi connectivity index (χ1) is 16.8. The van der Waals surface area contributed by atoms with Crippen LogP contribution >= 0.6 is 0 Å². The van der Waals surface area contributed by atoms with E-state index in [0.717, 1.165) is 52.1 Å². The van der Waals surface area contributed by atoms with Crippen LogP contribution in [0.25, 0.3) is 21.8 Å². The number of rotatable bonds is 8. The maximum absolute atomic E-state index is 13.6. The smallest absolute Gasteiger partial charge is 0.331 e. The maximum Gasteiger partial charge on any atom is 0.331 e. The van der Waals surface area contributed by atoms with Gasteiger partial charge in [0, 0.05) is 52.0 Å². The molecule has 0 aliphatic heterocycles. The molecule has 3 aromatic carbocycles. The third-order valence-electron chi connectivity index (χ3n) is 6.43. The number of fused-ring (bicyclic) bond motifs is 3. The van der Waals surface area contributed by atoms with Crippen molar-refractivity contribution in [3.63, 3.8) is 0 Å². The zero-order valence-corrected chi connectivity index (χ0v) is 20.4. The molecule has 1 unspecified atom stereocenters. The highest BCUT2D eigenvalue weighted by Gasteiger charge is 2.19. The number of aromatic nitrogens is 1. The zero-order valence-electron chi connectivity index (χ0n) is 20.4. The molecule has 178 valence electrons. The lowest BCUT2D eigenvalue weighted by atomic mass is 9.89. The second kappa shape index (κ2) is 10.1. The lowest BCUT2D eigenvalue weighted by molar-refractivity contribution is -0.140. The molecule has 0 aliphatic rings. The molecule has 6 heteroatoms. The SMILES string of the molecule is CCC(C)c1ccccc1C(=O)c1ccc2c(c1)c1cc(C(=O)C=NOC(C)=O)ccc1n2CC. The van der Waals surface area contributed by atoms with Crippen LogP contribution in [0.15, 0.2) is 65.8 Å². The molecule has 1 atom stereocenters. The first kappa shape index (κ1) is 24.1. The Bertz CT molecular complexity index is 1480. The number of aryl methyl sites for hydroxylation is 1. The van der Waals surface area contributed by atoms with Gasteiger partial charge in [0.05, 0.1) is 0 Å². The van der Waals surface area contributed by atoms with Crippen LogP contribution in [0, 0.1) is 0 Å². The van der Waals surface area contributed by atoms with Gasteiger partial charge in [-0.25, -0.2) is 4.79 Å². The molecule has 0 spiro atoms. The van der Waals surface area contributed by atoms with Gasteiger partial charge in [-0.2, -0.15) is 0 Å². The summed E-state index contributed by atoms with van der Waals surface area (Å²) in [6.07, 6.45) is 1.94. The summed E-state index contributed by atoms with van der Waals surface area (Å²) in [5.74, 6) is -0.702. The summed E-state index contributed by atoms with van der Waals surface area (Å²) in [6.45, 7) is 8.27. The molecule has 0 fully saturated rings. The largest absolute Gasteiger partial charge is 0.341 e. The molecule has 4 aromatic rings. The lowest BCUT2D eigenvalue weighted by Crippen LogP contribution is -2.07. The van der Waals surface area contributed by atoms with E-state index in [4.69, 9.17) is 0 Å². The van der Waals surface area contributed by atoms with Crippen LogP contribution in [-0.2, 0) is 16.2 Å². The molecule has 0 N–H and O–H groups in total. The minimum absolute atomic E-state index is 0.0130. The van der Waals surface area contributed by atoms with Crippen LogP contribution in [0.1, 0.15) is 71.9 Å². The van der Waals surface area contributed by atoms with Gasteiger partial charge < -0.3 is 9.40 Å². The van der Waals surface area contributed by atoms with E-state index in [1.165, 1.54) is 6.92 Å². The molecule has 6 nitrogen and oxygen atoms in total. The van der Waals surface area contributed by atoms with E-state index in [-0.39, 0.29) is 17.5 Å². The van der Waals surface area contributed by atoms with Gasteiger partial charge in [-0.05, 0) is 61.2 Å². The molecule has 0 bridgehead atoms. The summed E-state index contributed by atoms with van der Waals surface area (Å²) in [5.41, 5.74) is 4.76. The van der Waals surface area contributed by atoms with Gasteiger partial charge >= 0.3 is 5.97 Å². The van der Waals surface area contributed by atoms with Crippen molar-refractivity contribution in [3.8, 4) is 0 Å². The number of Topliss-reactive ketones (excluding diaryl/α,β-unsaturated/α-hetero) is 1. The van der Waals surface area contributed by atoms with Crippen LogP contribution in [-0.4, -0.2) is 28.3 Å². The van der Waals surface area contributed by atoms with Crippen LogP contribution in [0.4, 0.5) is 0 Å². The van der Waals surface area contributed by atoms with Crippen molar-refractivity contribution in [1.29, 1.82) is 0 Å². The molecule has 4 rings (SSSR count). The summed E-state index contributed by atoms with van der Waals surface area (Å²) in [6, 6.07) is 19.0. The van der Waals surface area contributed by atoms with Crippen molar-refractivity contribution in [1.82, 2.24) is 4.57 Å². The van der Waals surface area contributed by atoms with E-state index in [1.54, 1.807) is 12.1 Å². The topological polar surface area (TPSA) is 77.7 Å². The first-order valence-corrected chi connectivity index (χ1v) is 11.8. The van der Waals surface area contributed by atoms with E-state index in [0.29, 0.717) is 11.1 Å². The standard InChI is InChI=1S/C29H28N2O4/c1-5-18(3)22-9-7-8-10-23(22)29(34)21-12-14-27-25(16-21)24-15-20(11-13-26(24)31(27)6-2)28(33)17-30-35-19(4)32/h7-18H,5-6H2,1-4H3. The summed E-state index contributed by atoms with van der Waals surface area (Å²) >= 11 is 0.